The molecule has 0 aliphatic rings. The minimum Gasteiger partial charge on any atom is -0.392 e. The molecule has 1 unspecified atom stereocenters. The Hall–Kier alpha value is -1.65. The number of rotatable bonds is 6. The van der Waals surface area contributed by atoms with E-state index in [1.54, 1.807) is 0 Å². The monoisotopic (exact) mass is 301 g/mol. The van der Waals surface area contributed by atoms with Gasteiger partial charge in [-0.2, -0.15) is 5.10 Å². The van der Waals surface area contributed by atoms with Crippen molar-refractivity contribution in [3.63, 3.8) is 0 Å². The quantitative estimate of drug-likeness (QED) is 0.862. The summed E-state index contributed by atoms with van der Waals surface area (Å²) in [6, 6.07) is 4.51. The predicted molar refractivity (Wildman–Crippen MR) is 89.7 cm³/mol. The summed E-state index contributed by atoms with van der Waals surface area (Å²) in [6.07, 6.45) is 2.85. The number of hydrogen-bond donors (Lipinski definition) is 2. The Morgan fingerprint density at radius 2 is 1.91 bits per heavy atom. The van der Waals surface area contributed by atoms with Gasteiger partial charge in [-0.15, -0.1) is 0 Å². The molecule has 0 amide bonds. The Morgan fingerprint density at radius 1 is 1.23 bits per heavy atom. The molecule has 4 nitrogen and oxygen atoms in total. The van der Waals surface area contributed by atoms with Gasteiger partial charge in [0.15, 0.2) is 0 Å². The van der Waals surface area contributed by atoms with Crippen LogP contribution in [0.2, 0.25) is 0 Å². The highest BCUT2D eigenvalue weighted by Crippen LogP contribution is 2.24. The van der Waals surface area contributed by atoms with Crippen LogP contribution in [0.25, 0.3) is 0 Å². The normalized spacial score (nSPS) is 12.6. The summed E-state index contributed by atoms with van der Waals surface area (Å²) < 4.78 is 1.93. The lowest BCUT2D eigenvalue weighted by Crippen LogP contribution is -2.23. The molecule has 1 aromatic carbocycles. The van der Waals surface area contributed by atoms with E-state index in [2.05, 4.69) is 50.2 Å². The summed E-state index contributed by atoms with van der Waals surface area (Å²) in [4.78, 5) is 0. The van der Waals surface area contributed by atoms with E-state index in [1.165, 1.54) is 27.9 Å². The number of hydrogen-bond acceptors (Lipinski definition) is 3. The molecule has 0 bridgehead atoms. The van der Waals surface area contributed by atoms with Gasteiger partial charge in [0.1, 0.15) is 0 Å². The van der Waals surface area contributed by atoms with Crippen LogP contribution in [-0.4, -0.2) is 14.9 Å². The Morgan fingerprint density at radius 3 is 2.45 bits per heavy atom. The summed E-state index contributed by atoms with van der Waals surface area (Å²) in [5.74, 6) is 0. The van der Waals surface area contributed by atoms with Gasteiger partial charge in [0, 0.05) is 25.8 Å². The zero-order valence-corrected chi connectivity index (χ0v) is 14.3. The van der Waals surface area contributed by atoms with E-state index in [0.717, 1.165) is 18.5 Å². The topological polar surface area (TPSA) is 50.1 Å². The lowest BCUT2D eigenvalue weighted by molar-refractivity contribution is 0.280. The fourth-order valence-corrected chi connectivity index (χ4v) is 3.20. The van der Waals surface area contributed by atoms with Crippen molar-refractivity contribution in [1.82, 2.24) is 15.1 Å². The highest BCUT2D eigenvalue weighted by atomic mass is 16.3. The van der Waals surface area contributed by atoms with Crippen LogP contribution in [0, 0.1) is 20.8 Å². The first-order valence-electron chi connectivity index (χ1n) is 7.90. The summed E-state index contributed by atoms with van der Waals surface area (Å²) in [6.45, 7) is 9.39. The zero-order valence-electron chi connectivity index (χ0n) is 14.3. The molecule has 22 heavy (non-hydrogen) atoms. The molecule has 120 valence electrons. The van der Waals surface area contributed by atoms with Crippen molar-refractivity contribution >= 4 is 0 Å². The second kappa shape index (κ2) is 7.07. The van der Waals surface area contributed by atoms with Gasteiger partial charge in [0.2, 0.25) is 0 Å². The lowest BCUT2D eigenvalue weighted by Gasteiger charge is -2.21. The van der Waals surface area contributed by atoms with Crippen molar-refractivity contribution in [3.05, 3.63) is 51.8 Å². The molecular weight excluding hydrogens is 274 g/mol. The minimum atomic E-state index is 0.101. The molecule has 2 rings (SSSR count). The van der Waals surface area contributed by atoms with Crippen molar-refractivity contribution in [2.24, 2.45) is 7.05 Å². The first-order valence-corrected chi connectivity index (χ1v) is 7.90. The molecule has 1 atom stereocenters. The average molecular weight is 301 g/mol. The molecule has 1 aromatic heterocycles. The number of aliphatic hydroxyl groups is 1. The molecule has 0 saturated heterocycles. The summed E-state index contributed by atoms with van der Waals surface area (Å²) in [7, 11) is 1.98. The van der Waals surface area contributed by atoms with Crippen LogP contribution in [0.3, 0.4) is 0 Å². The molecule has 4 heteroatoms. The fraction of sp³-hybridized carbons (Fsp3) is 0.500. The molecule has 0 aliphatic heterocycles. The van der Waals surface area contributed by atoms with Crippen LogP contribution in [0.15, 0.2) is 18.3 Å². The maximum Gasteiger partial charge on any atom is 0.0687 e. The van der Waals surface area contributed by atoms with Crippen molar-refractivity contribution in [1.29, 1.82) is 0 Å². The molecule has 0 fully saturated rings. The van der Waals surface area contributed by atoms with E-state index in [9.17, 15) is 5.11 Å². The third-order valence-electron chi connectivity index (χ3n) is 4.60. The number of aromatic nitrogens is 2. The average Bonchev–Trinajstić information content (AvgIpc) is 2.89. The minimum absolute atomic E-state index is 0.101. The first-order chi connectivity index (χ1) is 10.5. The molecule has 0 saturated carbocycles. The Labute approximate surface area is 133 Å². The molecule has 2 N–H and O–H groups in total. The van der Waals surface area contributed by atoms with Gasteiger partial charge < -0.3 is 10.4 Å². The fourth-order valence-electron chi connectivity index (χ4n) is 3.20. The zero-order chi connectivity index (χ0) is 16.3. The van der Waals surface area contributed by atoms with E-state index >= 15 is 0 Å². The van der Waals surface area contributed by atoms with E-state index < -0.39 is 0 Å². The van der Waals surface area contributed by atoms with Crippen LogP contribution < -0.4 is 5.32 Å². The van der Waals surface area contributed by atoms with Crippen LogP contribution in [0.4, 0.5) is 0 Å². The number of benzene rings is 1. The largest absolute Gasteiger partial charge is 0.392 e. The molecule has 1 heterocycles. The number of aryl methyl sites for hydroxylation is 3. The summed E-state index contributed by atoms with van der Waals surface area (Å²) in [5.41, 5.74) is 7.19. The summed E-state index contributed by atoms with van der Waals surface area (Å²) >= 11 is 0. The predicted octanol–water partition coefficient (Wildman–Crippen LogP) is 3.08. The second-order valence-corrected chi connectivity index (χ2v) is 5.97. The number of aliphatic hydroxyl groups excluding tert-OH is 1. The van der Waals surface area contributed by atoms with Gasteiger partial charge in [-0.25, -0.2) is 0 Å². The number of nitrogens with zero attached hydrogens (tertiary/aromatic N) is 2. The van der Waals surface area contributed by atoms with Gasteiger partial charge in [0.05, 0.1) is 12.3 Å². The van der Waals surface area contributed by atoms with E-state index in [0.29, 0.717) is 0 Å². The van der Waals surface area contributed by atoms with Gasteiger partial charge in [0.25, 0.3) is 0 Å². The number of nitrogens with one attached hydrogen (secondary N) is 1. The molecule has 2 aromatic rings. The van der Waals surface area contributed by atoms with Gasteiger partial charge in [-0.3, -0.25) is 4.68 Å². The molecule has 0 spiro atoms. The van der Waals surface area contributed by atoms with Crippen molar-refractivity contribution in [2.75, 3.05) is 0 Å². The maximum absolute atomic E-state index is 9.59. The van der Waals surface area contributed by atoms with Crippen LogP contribution in [0.5, 0.6) is 0 Å². The van der Waals surface area contributed by atoms with Crippen molar-refractivity contribution in [2.45, 2.75) is 53.3 Å². The highest BCUT2D eigenvalue weighted by Gasteiger charge is 2.15. The third-order valence-corrected chi connectivity index (χ3v) is 4.60. The molecule has 0 radical (unpaired) electrons. The molecule has 0 aliphatic carbocycles. The summed E-state index contributed by atoms with van der Waals surface area (Å²) in [5, 5.41) is 17.5. The molecular formula is C18H27N3O. The standard InChI is InChI=1S/C18H27N3O/c1-6-17(18-7-8-20-21(18)5)19-10-15-12(2)9-13(3)16(11-22)14(15)4/h7-9,17,19,22H,6,10-11H2,1-5H3. The SMILES string of the molecule is CCC(NCc1c(C)cc(C)c(CO)c1C)c1ccnn1C. The smallest absolute Gasteiger partial charge is 0.0687 e. The third kappa shape index (κ3) is 3.23. The van der Waals surface area contributed by atoms with E-state index in [1.807, 2.05) is 17.9 Å². The Kier molecular flexibility index (Phi) is 5.37. The van der Waals surface area contributed by atoms with Crippen molar-refractivity contribution in [3.8, 4) is 0 Å². The van der Waals surface area contributed by atoms with E-state index in [4.69, 9.17) is 0 Å². The van der Waals surface area contributed by atoms with Crippen LogP contribution in [-0.2, 0) is 20.2 Å². The maximum atomic E-state index is 9.59. The van der Waals surface area contributed by atoms with Gasteiger partial charge in [-0.05, 0) is 61.1 Å². The van der Waals surface area contributed by atoms with Gasteiger partial charge >= 0.3 is 0 Å². The second-order valence-electron chi connectivity index (χ2n) is 5.97. The van der Waals surface area contributed by atoms with Crippen LogP contribution in [0.1, 0.15) is 52.9 Å². The van der Waals surface area contributed by atoms with E-state index in [-0.39, 0.29) is 12.6 Å². The Bertz CT molecular complexity index is 646. The van der Waals surface area contributed by atoms with Crippen LogP contribution >= 0.6 is 0 Å². The lowest BCUT2D eigenvalue weighted by atomic mass is 9.93. The first kappa shape index (κ1) is 16.7. The van der Waals surface area contributed by atoms with Gasteiger partial charge in [-0.1, -0.05) is 13.0 Å². The van der Waals surface area contributed by atoms with Crippen molar-refractivity contribution < 1.29 is 5.11 Å². The highest BCUT2D eigenvalue weighted by molar-refractivity contribution is 5.44. The Balaban J connectivity index is 2.22.